The Kier molecular flexibility index (Phi) is 5.28. The summed E-state index contributed by atoms with van der Waals surface area (Å²) in [5, 5.41) is 0. The summed E-state index contributed by atoms with van der Waals surface area (Å²) in [6.07, 6.45) is 3.62. The molecule has 1 amide bonds. The second kappa shape index (κ2) is 8.30. The highest BCUT2D eigenvalue weighted by molar-refractivity contribution is 6.02. The van der Waals surface area contributed by atoms with Gasteiger partial charge in [0.1, 0.15) is 17.3 Å². The molecule has 5 rings (SSSR count). The van der Waals surface area contributed by atoms with Crippen molar-refractivity contribution < 1.29 is 23.1 Å². The number of nitrogens with two attached hydrogens (primary N) is 1. The summed E-state index contributed by atoms with van der Waals surface area (Å²) in [5.74, 6) is -1.88. The lowest BCUT2D eigenvalue weighted by atomic mass is 9.89. The number of ketones is 1. The summed E-state index contributed by atoms with van der Waals surface area (Å²) in [5.41, 5.74) is 9.99. The Labute approximate surface area is 194 Å². The number of ether oxygens (including phenoxy) is 1. The van der Waals surface area contributed by atoms with E-state index in [2.05, 4.69) is 4.98 Å². The molecule has 1 aliphatic carbocycles. The summed E-state index contributed by atoms with van der Waals surface area (Å²) >= 11 is 0. The number of aromatic amines is 1. The molecule has 0 radical (unpaired) electrons. The number of rotatable bonds is 5. The van der Waals surface area contributed by atoms with Gasteiger partial charge in [-0.25, -0.2) is 8.78 Å². The quantitative estimate of drug-likeness (QED) is 0.413. The van der Waals surface area contributed by atoms with Crippen molar-refractivity contribution in [1.82, 2.24) is 9.55 Å². The van der Waals surface area contributed by atoms with Gasteiger partial charge in [0.05, 0.1) is 5.69 Å². The molecule has 1 aliphatic rings. The molecule has 2 heterocycles. The van der Waals surface area contributed by atoms with Crippen molar-refractivity contribution in [3.63, 3.8) is 0 Å². The summed E-state index contributed by atoms with van der Waals surface area (Å²) in [6.45, 7) is 1.84. The van der Waals surface area contributed by atoms with E-state index in [0.717, 1.165) is 29.8 Å². The third-order valence-corrected chi connectivity index (χ3v) is 6.03. The van der Waals surface area contributed by atoms with E-state index in [-0.39, 0.29) is 11.5 Å². The molecule has 3 N–H and O–H groups in total. The molecule has 0 unspecified atom stereocenters. The molecule has 2 aromatic heterocycles. The lowest BCUT2D eigenvalue weighted by molar-refractivity contribution is 0.0969. The van der Waals surface area contributed by atoms with E-state index in [4.69, 9.17) is 10.5 Å². The number of carbonyl (C=O) groups is 2. The van der Waals surface area contributed by atoms with Gasteiger partial charge in [-0.3, -0.25) is 9.59 Å². The van der Waals surface area contributed by atoms with E-state index in [1.165, 1.54) is 6.07 Å². The average molecular weight is 461 g/mol. The van der Waals surface area contributed by atoms with Crippen molar-refractivity contribution in [2.24, 2.45) is 5.73 Å². The minimum Gasteiger partial charge on any atom is -0.454 e. The van der Waals surface area contributed by atoms with Gasteiger partial charge < -0.3 is 20.0 Å². The van der Waals surface area contributed by atoms with Gasteiger partial charge in [-0.05, 0) is 67.8 Å². The SMILES string of the molecule is Cc1[nH]c(-c2cc(-n3cccc3C(N)=O)ccc2Oc2ccc(F)cc2F)c2c1C(=O)CCC2. The topological polar surface area (TPSA) is 90.1 Å². The second-order valence-corrected chi connectivity index (χ2v) is 8.24. The molecule has 0 atom stereocenters. The monoisotopic (exact) mass is 461 g/mol. The molecule has 8 heteroatoms. The standard InChI is InChI=1S/C26H21F2N3O3/c1-14-24-17(4-2-6-21(24)32)25(30-14)18-13-16(31-11-3-5-20(31)26(29)33)8-10-22(18)34-23-9-7-15(27)12-19(23)28/h3,5,7-13,30H,2,4,6H2,1H3,(H2,29,33). The Morgan fingerprint density at radius 3 is 2.65 bits per heavy atom. The zero-order chi connectivity index (χ0) is 24.0. The number of nitrogens with one attached hydrogen (secondary N) is 1. The highest BCUT2D eigenvalue weighted by Gasteiger charge is 2.27. The first kappa shape index (κ1) is 21.6. The van der Waals surface area contributed by atoms with E-state index in [0.29, 0.717) is 46.8 Å². The number of hydrogen-bond donors (Lipinski definition) is 2. The summed E-state index contributed by atoms with van der Waals surface area (Å²) < 4.78 is 35.3. The van der Waals surface area contributed by atoms with E-state index < -0.39 is 17.5 Å². The Balaban J connectivity index is 1.70. The first-order valence-corrected chi connectivity index (χ1v) is 10.8. The first-order valence-electron chi connectivity index (χ1n) is 10.8. The predicted molar refractivity (Wildman–Crippen MR) is 123 cm³/mol. The van der Waals surface area contributed by atoms with Gasteiger partial charge in [0.15, 0.2) is 17.3 Å². The number of hydrogen-bond acceptors (Lipinski definition) is 3. The van der Waals surface area contributed by atoms with Crippen LogP contribution in [0.3, 0.4) is 0 Å². The molecule has 0 fully saturated rings. The van der Waals surface area contributed by atoms with Crippen molar-refractivity contribution in [2.75, 3.05) is 0 Å². The van der Waals surface area contributed by atoms with Crippen molar-refractivity contribution in [2.45, 2.75) is 26.2 Å². The maximum atomic E-state index is 14.4. The van der Waals surface area contributed by atoms with Gasteiger partial charge in [0, 0.05) is 41.2 Å². The van der Waals surface area contributed by atoms with Gasteiger partial charge in [-0.2, -0.15) is 0 Å². The Morgan fingerprint density at radius 2 is 1.88 bits per heavy atom. The number of nitrogens with zero attached hydrogens (tertiary/aromatic N) is 1. The normalized spacial score (nSPS) is 13.1. The van der Waals surface area contributed by atoms with Crippen LogP contribution in [-0.4, -0.2) is 21.2 Å². The Bertz CT molecular complexity index is 1450. The number of fused-ring (bicyclic) bond motifs is 1. The van der Waals surface area contributed by atoms with Crippen LogP contribution in [-0.2, 0) is 6.42 Å². The molecule has 172 valence electrons. The Morgan fingerprint density at radius 1 is 1.09 bits per heavy atom. The second-order valence-electron chi connectivity index (χ2n) is 8.24. The molecule has 0 aliphatic heterocycles. The van der Waals surface area contributed by atoms with Crippen molar-refractivity contribution in [3.8, 4) is 28.4 Å². The van der Waals surface area contributed by atoms with Crippen LogP contribution in [0, 0.1) is 18.6 Å². The fraction of sp³-hybridized carbons (Fsp3) is 0.154. The van der Waals surface area contributed by atoms with Crippen molar-refractivity contribution in [1.29, 1.82) is 0 Å². The van der Waals surface area contributed by atoms with E-state index in [9.17, 15) is 18.4 Å². The van der Waals surface area contributed by atoms with Gasteiger partial charge in [-0.15, -0.1) is 0 Å². The number of aromatic nitrogens is 2. The minimum absolute atomic E-state index is 0.0749. The van der Waals surface area contributed by atoms with E-state index >= 15 is 0 Å². The van der Waals surface area contributed by atoms with E-state index in [1.54, 1.807) is 41.1 Å². The molecule has 0 saturated carbocycles. The number of carbonyl (C=O) groups excluding carboxylic acids is 2. The third-order valence-electron chi connectivity index (χ3n) is 6.03. The lowest BCUT2D eigenvalue weighted by Crippen LogP contribution is -2.15. The van der Waals surface area contributed by atoms with Crippen molar-refractivity contribution in [3.05, 3.63) is 88.9 Å². The van der Waals surface area contributed by atoms with Crippen LogP contribution in [0.25, 0.3) is 16.9 Å². The number of amides is 1. The predicted octanol–water partition coefficient (Wildman–Crippen LogP) is 5.47. The maximum Gasteiger partial charge on any atom is 0.265 e. The summed E-state index contributed by atoms with van der Waals surface area (Å²) in [7, 11) is 0. The van der Waals surface area contributed by atoms with Crippen LogP contribution in [0.1, 0.15) is 44.9 Å². The number of halogens is 2. The fourth-order valence-corrected chi connectivity index (χ4v) is 4.52. The fourth-order valence-electron chi connectivity index (χ4n) is 4.52. The molecule has 0 spiro atoms. The van der Waals surface area contributed by atoms with Gasteiger partial charge >= 0.3 is 0 Å². The van der Waals surface area contributed by atoms with Crippen LogP contribution >= 0.6 is 0 Å². The zero-order valence-corrected chi connectivity index (χ0v) is 18.3. The molecule has 0 saturated heterocycles. The summed E-state index contributed by atoms with van der Waals surface area (Å²) in [4.78, 5) is 27.8. The van der Waals surface area contributed by atoms with Gasteiger partial charge in [0.25, 0.3) is 5.91 Å². The highest BCUT2D eigenvalue weighted by atomic mass is 19.1. The molecular weight excluding hydrogens is 440 g/mol. The van der Waals surface area contributed by atoms with Gasteiger partial charge in [0.2, 0.25) is 0 Å². The molecule has 4 aromatic rings. The van der Waals surface area contributed by atoms with E-state index in [1.807, 2.05) is 6.92 Å². The zero-order valence-electron chi connectivity index (χ0n) is 18.3. The minimum atomic E-state index is -0.837. The maximum absolute atomic E-state index is 14.4. The lowest BCUT2D eigenvalue weighted by Gasteiger charge is -2.17. The molecule has 2 aromatic carbocycles. The largest absolute Gasteiger partial charge is 0.454 e. The third kappa shape index (κ3) is 3.67. The highest BCUT2D eigenvalue weighted by Crippen LogP contribution is 2.41. The number of H-pyrrole nitrogens is 1. The number of aryl methyl sites for hydroxylation is 1. The number of primary amides is 1. The number of benzene rings is 2. The first-order chi connectivity index (χ1) is 16.3. The van der Waals surface area contributed by atoms with Crippen molar-refractivity contribution >= 4 is 11.7 Å². The van der Waals surface area contributed by atoms with Crippen LogP contribution in [0.4, 0.5) is 8.78 Å². The summed E-state index contributed by atoms with van der Waals surface area (Å²) in [6, 6.07) is 11.5. The van der Waals surface area contributed by atoms with Crippen LogP contribution in [0.5, 0.6) is 11.5 Å². The molecule has 0 bridgehead atoms. The van der Waals surface area contributed by atoms with Crippen LogP contribution < -0.4 is 10.5 Å². The molecule has 6 nitrogen and oxygen atoms in total. The van der Waals surface area contributed by atoms with Gasteiger partial charge in [-0.1, -0.05) is 0 Å². The smallest absolute Gasteiger partial charge is 0.265 e. The molecular formula is C26H21F2N3O3. The van der Waals surface area contributed by atoms with Crippen LogP contribution in [0.2, 0.25) is 0 Å². The molecule has 34 heavy (non-hydrogen) atoms. The van der Waals surface area contributed by atoms with Crippen LogP contribution in [0.15, 0.2) is 54.7 Å². The number of Topliss-reactive ketones (excluding diaryl/α,β-unsaturated/α-hetero) is 1. The average Bonchev–Trinajstić information content (AvgIpc) is 3.42. The Hall–Kier alpha value is -4.20.